The average Bonchev–Trinajstić information content (AvgIpc) is 2.68. The molecular weight excluding hydrogens is 344 g/mol. The van der Waals surface area contributed by atoms with Crippen molar-refractivity contribution in [3.63, 3.8) is 0 Å². The van der Waals surface area contributed by atoms with Crippen molar-refractivity contribution in [3.05, 3.63) is 65.4 Å². The molecule has 0 unspecified atom stereocenters. The van der Waals surface area contributed by atoms with Gasteiger partial charge in [0.2, 0.25) is 0 Å². The number of fused-ring (bicyclic) bond motifs is 1. The SMILES string of the molecule is CCOCCCNC(=O)c1ccc2c(c1)NC(=O)/C(=C/c1ccccc1)O2. The summed E-state index contributed by atoms with van der Waals surface area (Å²) in [4.78, 5) is 24.5. The van der Waals surface area contributed by atoms with Crippen LogP contribution in [-0.4, -0.2) is 31.6 Å². The number of carbonyl (C=O) groups excluding carboxylic acids is 2. The van der Waals surface area contributed by atoms with Crippen LogP contribution in [0.1, 0.15) is 29.3 Å². The van der Waals surface area contributed by atoms with Crippen LogP contribution in [0.3, 0.4) is 0 Å². The van der Waals surface area contributed by atoms with Gasteiger partial charge in [0, 0.05) is 25.3 Å². The highest BCUT2D eigenvalue weighted by Gasteiger charge is 2.23. The van der Waals surface area contributed by atoms with E-state index in [0.29, 0.717) is 36.8 Å². The summed E-state index contributed by atoms with van der Waals surface area (Å²) < 4.78 is 10.9. The summed E-state index contributed by atoms with van der Waals surface area (Å²) in [6, 6.07) is 14.4. The highest BCUT2D eigenvalue weighted by Crippen LogP contribution is 2.32. The molecule has 6 heteroatoms. The van der Waals surface area contributed by atoms with Gasteiger partial charge >= 0.3 is 0 Å². The van der Waals surface area contributed by atoms with Crippen LogP contribution in [-0.2, 0) is 9.53 Å². The Bertz CT molecular complexity index is 847. The Balaban J connectivity index is 1.67. The van der Waals surface area contributed by atoms with Gasteiger partial charge in [-0.25, -0.2) is 0 Å². The van der Waals surface area contributed by atoms with E-state index in [1.54, 1.807) is 24.3 Å². The molecule has 2 N–H and O–H groups in total. The monoisotopic (exact) mass is 366 g/mol. The van der Waals surface area contributed by atoms with Crippen LogP contribution in [0.5, 0.6) is 5.75 Å². The number of rotatable bonds is 7. The Hall–Kier alpha value is -3.12. The molecule has 2 amide bonds. The fourth-order valence-electron chi connectivity index (χ4n) is 2.62. The zero-order valence-electron chi connectivity index (χ0n) is 15.2. The maximum Gasteiger partial charge on any atom is 0.291 e. The van der Waals surface area contributed by atoms with Gasteiger partial charge in [-0.15, -0.1) is 0 Å². The van der Waals surface area contributed by atoms with Gasteiger partial charge in [0.05, 0.1) is 5.69 Å². The van der Waals surface area contributed by atoms with Crippen LogP contribution in [0.4, 0.5) is 5.69 Å². The Morgan fingerprint density at radius 1 is 1.22 bits per heavy atom. The number of benzene rings is 2. The molecule has 0 spiro atoms. The number of carbonyl (C=O) groups is 2. The fraction of sp³-hybridized carbons (Fsp3) is 0.238. The highest BCUT2D eigenvalue weighted by atomic mass is 16.5. The number of hydrogen-bond donors (Lipinski definition) is 2. The molecular formula is C21H22N2O4. The third kappa shape index (κ3) is 4.95. The van der Waals surface area contributed by atoms with E-state index in [0.717, 1.165) is 12.0 Å². The van der Waals surface area contributed by atoms with Gasteiger partial charge in [-0.3, -0.25) is 9.59 Å². The quantitative estimate of drug-likeness (QED) is 0.583. The smallest absolute Gasteiger partial charge is 0.291 e. The second kappa shape index (κ2) is 9.00. The van der Waals surface area contributed by atoms with Gasteiger partial charge in [-0.05, 0) is 43.2 Å². The van der Waals surface area contributed by atoms with Crippen LogP contribution in [0, 0.1) is 0 Å². The van der Waals surface area contributed by atoms with Gasteiger partial charge in [-0.2, -0.15) is 0 Å². The summed E-state index contributed by atoms with van der Waals surface area (Å²) in [5.74, 6) is 0.168. The van der Waals surface area contributed by atoms with Crippen molar-refractivity contribution in [2.45, 2.75) is 13.3 Å². The fourth-order valence-corrected chi connectivity index (χ4v) is 2.62. The van der Waals surface area contributed by atoms with Gasteiger partial charge in [0.15, 0.2) is 11.5 Å². The summed E-state index contributed by atoms with van der Waals surface area (Å²) >= 11 is 0. The molecule has 1 aliphatic rings. The van der Waals surface area contributed by atoms with Crippen LogP contribution in [0.15, 0.2) is 54.3 Å². The predicted molar refractivity (Wildman–Crippen MR) is 104 cm³/mol. The molecule has 2 aromatic carbocycles. The van der Waals surface area contributed by atoms with Crippen LogP contribution in [0.25, 0.3) is 6.08 Å². The van der Waals surface area contributed by atoms with Crippen molar-refractivity contribution in [2.24, 2.45) is 0 Å². The van der Waals surface area contributed by atoms with E-state index in [9.17, 15) is 9.59 Å². The van der Waals surface area contributed by atoms with E-state index in [1.807, 2.05) is 37.3 Å². The molecule has 0 saturated carbocycles. The third-order valence-corrected chi connectivity index (χ3v) is 3.99. The highest BCUT2D eigenvalue weighted by molar-refractivity contribution is 6.09. The standard InChI is InChI=1S/C21H22N2O4/c1-2-26-12-6-11-22-20(24)16-9-10-18-17(14-16)23-21(25)19(27-18)13-15-7-4-3-5-8-15/h3-5,7-10,13-14H,2,6,11-12H2,1H3,(H,22,24)(H,23,25)/b19-13-. The van der Waals surface area contributed by atoms with E-state index in [1.165, 1.54) is 0 Å². The summed E-state index contributed by atoms with van der Waals surface area (Å²) in [7, 11) is 0. The number of hydrogen-bond acceptors (Lipinski definition) is 4. The maximum absolute atomic E-state index is 12.3. The number of anilines is 1. The molecule has 0 radical (unpaired) electrons. The summed E-state index contributed by atoms with van der Waals surface area (Å²) in [6.07, 6.45) is 2.43. The molecule has 140 valence electrons. The molecule has 27 heavy (non-hydrogen) atoms. The second-order valence-corrected chi connectivity index (χ2v) is 5.99. The molecule has 0 bridgehead atoms. The van der Waals surface area contributed by atoms with Gasteiger partial charge in [-0.1, -0.05) is 30.3 Å². The van der Waals surface area contributed by atoms with Crippen LogP contribution in [0.2, 0.25) is 0 Å². The molecule has 1 heterocycles. The van der Waals surface area contributed by atoms with E-state index < -0.39 is 0 Å². The average molecular weight is 366 g/mol. The van der Waals surface area contributed by atoms with Crippen molar-refractivity contribution in [1.82, 2.24) is 5.32 Å². The first-order valence-corrected chi connectivity index (χ1v) is 8.93. The lowest BCUT2D eigenvalue weighted by Crippen LogP contribution is -2.27. The zero-order chi connectivity index (χ0) is 19.1. The first kappa shape index (κ1) is 18.7. The molecule has 3 rings (SSSR count). The minimum atomic E-state index is -0.347. The Labute approximate surface area is 158 Å². The first-order chi connectivity index (χ1) is 13.2. The molecule has 0 atom stereocenters. The minimum absolute atomic E-state index is 0.200. The molecule has 0 saturated heterocycles. The summed E-state index contributed by atoms with van der Waals surface area (Å²) in [6.45, 7) is 3.74. The number of amides is 2. The second-order valence-electron chi connectivity index (χ2n) is 5.99. The normalized spacial score (nSPS) is 14.3. The Morgan fingerprint density at radius 2 is 2.04 bits per heavy atom. The minimum Gasteiger partial charge on any atom is -0.449 e. The third-order valence-electron chi connectivity index (χ3n) is 3.99. The van der Waals surface area contributed by atoms with Gasteiger partial charge in [0.25, 0.3) is 11.8 Å². The van der Waals surface area contributed by atoms with Crippen molar-refractivity contribution in [2.75, 3.05) is 25.1 Å². The van der Waals surface area contributed by atoms with E-state index >= 15 is 0 Å². The molecule has 6 nitrogen and oxygen atoms in total. The Morgan fingerprint density at radius 3 is 2.81 bits per heavy atom. The van der Waals surface area contributed by atoms with Crippen molar-refractivity contribution >= 4 is 23.6 Å². The summed E-state index contributed by atoms with van der Waals surface area (Å²) in [5.41, 5.74) is 1.81. The van der Waals surface area contributed by atoms with Gasteiger partial charge in [0.1, 0.15) is 0 Å². The number of nitrogens with one attached hydrogen (secondary N) is 2. The largest absolute Gasteiger partial charge is 0.449 e. The summed E-state index contributed by atoms with van der Waals surface area (Å²) in [5, 5.41) is 5.61. The van der Waals surface area contributed by atoms with Crippen molar-refractivity contribution in [1.29, 1.82) is 0 Å². The van der Waals surface area contributed by atoms with Gasteiger partial charge < -0.3 is 20.1 Å². The predicted octanol–water partition coefficient (Wildman–Crippen LogP) is 3.22. The molecule has 2 aromatic rings. The molecule has 0 aliphatic carbocycles. The Kier molecular flexibility index (Phi) is 6.22. The topological polar surface area (TPSA) is 76.7 Å². The molecule has 0 aromatic heterocycles. The van der Waals surface area contributed by atoms with Crippen LogP contribution < -0.4 is 15.4 Å². The maximum atomic E-state index is 12.3. The van der Waals surface area contributed by atoms with E-state index in [4.69, 9.17) is 9.47 Å². The first-order valence-electron chi connectivity index (χ1n) is 8.93. The lowest BCUT2D eigenvalue weighted by Gasteiger charge is -2.20. The lowest BCUT2D eigenvalue weighted by atomic mass is 10.1. The van der Waals surface area contributed by atoms with Crippen LogP contribution >= 0.6 is 0 Å². The molecule has 0 fully saturated rings. The lowest BCUT2D eigenvalue weighted by molar-refractivity contribution is -0.115. The van der Waals surface area contributed by atoms with Crippen molar-refractivity contribution in [3.8, 4) is 5.75 Å². The zero-order valence-corrected chi connectivity index (χ0v) is 15.2. The van der Waals surface area contributed by atoms with E-state index in [2.05, 4.69) is 10.6 Å². The van der Waals surface area contributed by atoms with E-state index in [-0.39, 0.29) is 17.6 Å². The number of ether oxygens (including phenoxy) is 2. The molecule has 1 aliphatic heterocycles. The van der Waals surface area contributed by atoms with Crippen molar-refractivity contribution < 1.29 is 19.1 Å².